The highest BCUT2D eigenvalue weighted by Gasteiger charge is 2.33. The maximum Gasteiger partial charge on any atom is -0.0132 e. The Labute approximate surface area is 134 Å². The van der Waals surface area contributed by atoms with Gasteiger partial charge in [-0.1, -0.05) is 105 Å². The summed E-state index contributed by atoms with van der Waals surface area (Å²) in [6.07, 6.45) is 2.57. The van der Waals surface area contributed by atoms with E-state index in [1.165, 1.54) is 24.0 Å². The Balaban J connectivity index is 0.000000384. The van der Waals surface area contributed by atoms with Gasteiger partial charge >= 0.3 is 0 Å². The Kier molecular flexibility index (Phi) is 7.20. The van der Waals surface area contributed by atoms with E-state index in [1.54, 1.807) is 0 Å². The number of benzene rings is 1. The highest BCUT2D eigenvalue weighted by atomic mass is 14.4. The summed E-state index contributed by atoms with van der Waals surface area (Å²) in [6, 6.07) is 8.74. The lowest BCUT2D eigenvalue weighted by molar-refractivity contribution is 0.0975. The molecule has 0 N–H and O–H groups in total. The largest absolute Gasteiger partial charge is 0.0648 e. The van der Waals surface area contributed by atoms with Crippen LogP contribution in [0, 0.1) is 17.8 Å². The van der Waals surface area contributed by atoms with Crippen LogP contribution in [0.3, 0.4) is 0 Å². The third-order valence-electron chi connectivity index (χ3n) is 5.29. The van der Waals surface area contributed by atoms with Crippen molar-refractivity contribution in [2.75, 3.05) is 0 Å². The highest BCUT2D eigenvalue weighted by molar-refractivity contribution is 5.26. The lowest BCUT2D eigenvalue weighted by Crippen LogP contribution is -2.31. The van der Waals surface area contributed by atoms with Gasteiger partial charge in [-0.3, -0.25) is 0 Å². The minimum Gasteiger partial charge on any atom is -0.0648 e. The molecule has 0 spiro atoms. The predicted octanol–water partition coefficient (Wildman–Crippen LogP) is 7.15. The van der Waals surface area contributed by atoms with Crippen LogP contribution in [-0.2, 0) is 5.41 Å². The average Bonchev–Trinajstić information content (AvgIpc) is 2.36. The van der Waals surface area contributed by atoms with Crippen molar-refractivity contribution in [2.24, 2.45) is 10.8 Å². The first kappa shape index (κ1) is 20.2. The Morgan fingerprint density at radius 2 is 1.10 bits per heavy atom. The molecule has 0 aliphatic rings. The third-order valence-corrected chi connectivity index (χ3v) is 5.29. The summed E-state index contributed by atoms with van der Waals surface area (Å²) in [4.78, 5) is 0. The van der Waals surface area contributed by atoms with E-state index in [2.05, 4.69) is 93.5 Å². The first-order valence-electron chi connectivity index (χ1n) is 8.44. The van der Waals surface area contributed by atoms with Gasteiger partial charge in [-0.15, -0.1) is 0 Å². The summed E-state index contributed by atoms with van der Waals surface area (Å²) < 4.78 is 0. The van der Waals surface area contributed by atoms with Crippen molar-refractivity contribution < 1.29 is 0 Å². The minimum atomic E-state index is 0.285. The van der Waals surface area contributed by atoms with Crippen LogP contribution in [0.4, 0.5) is 0 Å². The van der Waals surface area contributed by atoms with Crippen LogP contribution in [0.25, 0.3) is 0 Å². The van der Waals surface area contributed by atoms with Gasteiger partial charge in [0.25, 0.3) is 0 Å². The summed E-state index contributed by atoms with van der Waals surface area (Å²) in [5.41, 5.74) is 4.00. The van der Waals surface area contributed by atoms with Gasteiger partial charge in [0.1, 0.15) is 0 Å². The van der Waals surface area contributed by atoms with Crippen molar-refractivity contribution in [3.63, 3.8) is 0 Å². The van der Waals surface area contributed by atoms with E-state index in [4.69, 9.17) is 0 Å². The van der Waals surface area contributed by atoms with Crippen molar-refractivity contribution in [1.29, 1.82) is 0 Å². The van der Waals surface area contributed by atoms with Crippen molar-refractivity contribution in [3.05, 3.63) is 35.4 Å². The first-order valence-corrected chi connectivity index (χ1v) is 8.44. The SMILES string of the molecule is CCC(C)(CC)C(C)(C)C.Cc1ccc(C(C)(C)C)cc1. The van der Waals surface area contributed by atoms with E-state index in [1.807, 2.05) is 0 Å². The van der Waals surface area contributed by atoms with Gasteiger partial charge in [-0.2, -0.15) is 0 Å². The molecule has 0 atom stereocenters. The number of hydrogen-bond acceptors (Lipinski definition) is 0. The monoisotopic (exact) mass is 290 g/mol. The van der Waals surface area contributed by atoms with Gasteiger partial charge in [-0.05, 0) is 28.7 Å². The van der Waals surface area contributed by atoms with Crippen LogP contribution in [0.5, 0.6) is 0 Å². The second kappa shape index (κ2) is 7.47. The molecular weight excluding hydrogens is 252 g/mol. The van der Waals surface area contributed by atoms with Crippen molar-refractivity contribution in [2.45, 2.75) is 87.5 Å². The molecule has 0 heterocycles. The van der Waals surface area contributed by atoms with Gasteiger partial charge in [0.15, 0.2) is 0 Å². The minimum absolute atomic E-state index is 0.285. The van der Waals surface area contributed by atoms with Gasteiger partial charge in [0.05, 0.1) is 0 Å². The van der Waals surface area contributed by atoms with Crippen molar-refractivity contribution in [1.82, 2.24) is 0 Å². The molecular formula is C21H38. The lowest BCUT2D eigenvalue weighted by atomic mass is 9.65. The van der Waals surface area contributed by atoms with Crippen molar-refractivity contribution in [3.8, 4) is 0 Å². The fourth-order valence-corrected chi connectivity index (χ4v) is 2.36. The molecule has 0 saturated carbocycles. The molecule has 0 aliphatic heterocycles. The van der Waals surface area contributed by atoms with E-state index in [0.717, 1.165) is 0 Å². The molecule has 21 heavy (non-hydrogen) atoms. The van der Waals surface area contributed by atoms with Crippen molar-refractivity contribution >= 4 is 0 Å². The topological polar surface area (TPSA) is 0 Å². The van der Waals surface area contributed by atoms with Gasteiger partial charge in [-0.25, -0.2) is 0 Å². The molecule has 0 aliphatic carbocycles. The van der Waals surface area contributed by atoms with Crippen LogP contribution in [-0.4, -0.2) is 0 Å². The molecule has 0 fully saturated rings. The Morgan fingerprint density at radius 3 is 1.29 bits per heavy atom. The second-order valence-electron chi connectivity index (χ2n) is 8.63. The summed E-state index contributed by atoms with van der Waals surface area (Å²) in [6.45, 7) is 22.8. The fraction of sp³-hybridized carbons (Fsp3) is 0.714. The maximum atomic E-state index is 2.38. The first-order chi connectivity index (χ1) is 9.37. The molecule has 1 aromatic carbocycles. The normalized spacial score (nSPS) is 12.7. The highest BCUT2D eigenvalue weighted by Crippen LogP contribution is 2.43. The third kappa shape index (κ3) is 6.24. The van der Waals surface area contributed by atoms with Crippen LogP contribution >= 0.6 is 0 Å². The Bertz CT molecular complexity index is 391. The van der Waals surface area contributed by atoms with Crippen LogP contribution < -0.4 is 0 Å². The molecule has 0 heteroatoms. The molecule has 0 unspecified atom stereocenters. The van der Waals surface area contributed by atoms with E-state index in [0.29, 0.717) is 10.8 Å². The summed E-state index contributed by atoms with van der Waals surface area (Å²) in [5.74, 6) is 0. The zero-order valence-electron chi connectivity index (χ0n) is 16.2. The van der Waals surface area contributed by atoms with E-state index in [-0.39, 0.29) is 5.41 Å². The van der Waals surface area contributed by atoms with Gasteiger partial charge in [0, 0.05) is 0 Å². The number of hydrogen-bond donors (Lipinski definition) is 0. The van der Waals surface area contributed by atoms with E-state index < -0.39 is 0 Å². The smallest absolute Gasteiger partial charge is 0.0132 e. The van der Waals surface area contributed by atoms with E-state index >= 15 is 0 Å². The fourth-order valence-electron chi connectivity index (χ4n) is 2.36. The Hall–Kier alpha value is -0.780. The van der Waals surface area contributed by atoms with Gasteiger partial charge < -0.3 is 0 Å². The molecule has 1 aromatic rings. The standard InChI is InChI=1S/C11H16.C10H22/c1-9-5-7-10(8-6-9)11(2,3)4;1-7-10(6,8-2)9(3,4)5/h5-8H,1-4H3;7-8H2,1-6H3. The molecule has 0 bridgehead atoms. The van der Waals surface area contributed by atoms with E-state index in [9.17, 15) is 0 Å². The molecule has 0 saturated heterocycles. The molecule has 1 rings (SSSR count). The zero-order valence-corrected chi connectivity index (χ0v) is 16.2. The van der Waals surface area contributed by atoms with Crippen LogP contribution in [0.2, 0.25) is 0 Å². The second-order valence-corrected chi connectivity index (χ2v) is 8.63. The summed E-state index contributed by atoms with van der Waals surface area (Å²) in [5, 5.41) is 0. The zero-order chi connectivity index (χ0) is 16.9. The molecule has 0 radical (unpaired) electrons. The Morgan fingerprint density at radius 1 is 0.714 bits per heavy atom. The summed E-state index contributed by atoms with van der Waals surface area (Å²) in [7, 11) is 0. The maximum absolute atomic E-state index is 2.38. The number of aryl methyl sites for hydroxylation is 1. The van der Waals surface area contributed by atoms with Crippen LogP contribution in [0.1, 0.15) is 86.3 Å². The quantitative estimate of drug-likeness (QED) is 0.542. The molecule has 0 amide bonds. The van der Waals surface area contributed by atoms with Gasteiger partial charge in [0.2, 0.25) is 0 Å². The molecule has 0 aromatic heterocycles. The van der Waals surface area contributed by atoms with Crippen LogP contribution in [0.15, 0.2) is 24.3 Å². The number of rotatable bonds is 2. The predicted molar refractivity (Wildman–Crippen MR) is 98.0 cm³/mol. The summed E-state index contributed by atoms with van der Waals surface area (Å²) >= 11 is 0. The lowest BCUT2D eigenvalue weighted by Gasteiger charge is -2.40. The molecule has 0 nitrogen and oxygen atoms in total. The average molecular weight is 291 g/mol. The molecule has 122 valence electrons.